The van der Waals surface area contributed by atoms with Crippen molar-refractivity contribution in [3.8, 4) is 17.2 Å². The smallest absolute Gasteiger partial charge is 0.343 e. The topological polar surface area (TPSA) is 61.8 Å². The Morgan fingerprint density at radius 3 is 2.57 bits per heavy atom. The Labute approximate surface area is 182 Å². The molecule has 5 nitrogen and oxygen atoms in total. The lowest BCUT2D eigenvalue weighted by Gasteiger charge is -2.10. The normalized spacial score (nSPS) is 13.7. The molecular weight excluding hydrogens is 448 g/mol. The quantitative estimate of drug-likeness (QED) is 0.285. The van der Waals surface area contributed by atoms with Crippen LogP contribution in [0.2, 0.25) is 0 Å². The number of hydrogen-bond acceptors (Lipinski definition) is 5. The zero-order valence-corrected chi connectivity index (χ0v) is 17.9. The maximum atomic E-state index is 12.8. The number of carbonyl (C=O) groups is 2. The van der Waals surface area contributed by atoms with Crippen LogP contribution in [0.5, 0.6) is 17.2 Å². The Bertz CT molecular complexity index is 1180. The second-order valence-electron chi connectivity index (χ2n) is 6.68. The lowest BCUT2D eigenvalue weighted by atomic mass is 10.1. The monoisotopic (exact) mass is 464 g/mol. The molecule has 1 aliphatic rings. The third kappa shape index (κ3) is 3.86. The number of hydrogen-bond donors (Lipinski definition) is 0. The van der Waals surface area contributed by atoms with Crippen LogP contribution in [0.15, 0.2) is 70.9 Å². The molecule has 0 amide bonds. The molecule has 1 aliphatic heterocycles. The predicted molar refractivity (Wildman–Crippen MR) is 116 cm³/mol. The molecule has 0 radical (unpaired) electrons. The van der Waals surface area contributed by atoms with Gasteiger partial charge in [0.05, 0.1) is 18.2 Å². The summed E-state index contributed by atoms with van der Waals surface area (Å²) in [4.78, 5) is 25.2. The molecule has 0 saturated carbocycles. The summed E-state index contributed by atoms with van der Waals surface area (Å²) in [6.45, 7) is 1.75. The Kier molecular flexibility index (Phi) is 5.42. The molecule has 1 heterocycles. The molecule has 150 valence electrons. The lowest BCUT2D eigenvalue weighted by molar-refractivity contribution is 0.0733. The number of rotatable bonds is 4. The van der Waals surface area contributed by atoms with Crippen molar-refractivity contribution in [2.75, 3.05) is 7.11 Å². The Hall–Kier alpha value is -3.38. The average Bonchev–Trinajstić information content (AvgIpc) is 3.07. The molecule has 3 aromatic rings. The van der Waals surface area contributed by atoms with Gasteiger partial charge < -0.3 is 14.2 Å². The molecule has 0 bridgehead atoms. The number of ketones is 1. The number of fused-ring (bicyclic) bond motifs is 1. The van der Waals surface area contributed by atoms with Gasteiger partial charge in [0, 0.05) is 10.0 Å². The highest BCUT2D eigenvalue weighted by Crippen LogP contribution is 2.39. The Morgan fingerprint density at radius 2 is 1.83 bits per heavy atom. The van der Waals surface area contributed by atoms with Crippen LogP contribution in [0.4, 0.5) is 0 Å². The van der Waals surface area contributed by atoms with Crippen molar-refractivity contribution >= 4 is 33.8 Å². The first-order valence-electron chi connectivity index (χ1n) is 9.16. The fourth-order valence-corrected chi connectivity index (χ4v) is 3.37. The van der Waals surface area contributed by atoms with E-state index >= 15 is 0 Å². The standard InChI is InChI=1S/C24H17BrO5/c1-14-20(30-24(27)16-6-8-17(25)9-7-16)11-10-19-22(26)21(29-23(14)19)13-15-4-3-5-18(12-15)28-2/h3-13H,1-2H3/b21-13-. The van der Waals surface area contributed by atoms with Gasteiger partial charge in [0.15, 0.2) is 5.76 Å². The SMILES string of the molecule is COc1cccc(/C=C2\Oc3c(ccc(OC(=O)c4ccc(Br)cc4)c3C)C2=O)c1. The highest BCUT2D eigenvalue weighted by Gasteiger charge is 2.30. The molecule has 0 aliphatic carbocycles. The second-order valence-corrected chi connectivity index (χ2v) is 7.59. The zero-order valence-electron chi connectivity index (χ0n) is 16.3. The molecule has 0 saturated heterocycles. The summed E-state index contributed by atoms with van der Waals surface area (Å²) in [7, 11) is 1.58. The van der Waals surface area contributed by atoms with Gasteiger partial charge in [-0.1, -0.05) is 28.1 Å². The average molecular weight is 465 g/mol. The van der Waals surface area contributed by atoms with Gasteiger partial charge in [-0.15, -0.1) is 0 Å². The number of Topliss-reactive ketones (excluding diaryl/α,β-unsaturated/α-hetero) is 1. The molecule has 4 rings (SSSR count). The fraction of sp³-hybridized carbons (Fsp3) is 0.0833. The Morgan fingerprint density at radius 1 is 1.07 bits per heavy atom. The first-order valence-corrected chi connectivity index (χ1v) is 9.95. The van der Waals surface area contributed by atoms with Gasteiger partial charge in [0.25, 0.3) is 0 Å². The van der Waals surface area contributed by atoms with E-state index in [1.165, 1.54) is 0 Å². The summed E-state index contributed by atoms with van der Waals surface area (Å²) < 4.78 is 17.5. The number of halogens is 1. The summed E-state index contributed by atoms with van der Waals surface area (Å²) in [6, 6.07) is 17.4. The van der Waals surface area contributed by atoms with Crippen LogP contribution in [0.25, 0.3) is 6.08 Å². The summed E-state index contributed by atoms with van der Waals surface area (Å²) in [6.07, 6.45) is 1.66. The highest BCUT2D eigenvalue weighted by molar-refractivity contribution is 9.10. The molecule has 3 aromatic carbocycles. The number of allylic oxidation sites excluding steroid dienone is 1. The van der Waals surface area contributed by atoms with Gasteiger partial charge in [0.2, 0.25) is 5.78 Å². The van der Waals surface area contributed by atoms with E-state index in [0.717, 1.165) is 10.0 Å². The predicted octanol–water partition coefficient (Wildman–Crippen LogP) is 5.60. The van der Waals surface area contributed by atoms with Crippen LogP contribution in [-0.4, -0.2) is 18.9 Å². The van der Waals surface area contributed by atoms with Gasteiger partial charge >= 0.3 is 5.97 Å². The van der Waals surface area contributed by atoms with Crippen LogP contribution in [0, 0.1) is 6.92 Å². The van der Waals surface area contributed by atoms with Gasteiger partial charge in [-0.2, -0.15) is 0 Å². The Balaban J connectivity index is 1.60. The van der Waals surface area contributed by atoms with E-state index in [1.807, 2.05) is 24.3 Å². The molecule has 30 heavy (non-hydrogen) atoms. The number of esters is 1. The van der Waals surface area contributed by atoms with Gasteiger partial charge in [-0.3, -0.25) is 4.79 Å². The summed E-state index contributed by atoms with van der Waals surface area (Å²) in [5.74, 6) is 0.930. The summed E-state index contributed by atoms with van der Waals surface area (Å²) >= 11 is 3.34. The molecule has 0 fully saturated rings. The third-order valence-corrected chi connectivity index (χ3v) is 5.24. The van der Waals surface area contributed by atoms with E-state index in [1.54, 1.807) is 56.5 Å². The minimum Gasteiger partial charge on any atom is -0.497 e. The van der Waals surface area contributed by atoms with Crippen molar-refractivity contribution < 1.29 is 23.8 Å². The number of benzene rings is 3. The van der Waals surface area contributed by atoms with Crippen molar-refractivity contribution in [2.45, 2.75) is 6.92 Å². The van der Waals surface area contributed by atoms with Crippen LogP contribution in [0.3, 0.4) is 0 Å². The van der Waals surface area contributed by atoms with Gasteiger partial charge in [-0.25, -0.2) is 4.79 Å². The van der Waals surface area contributed by atoms with Gasteiger partial charge in [0.1, 0.15) is 17.2 Å². The maximum absolute atomic E-state index is 12.8. The van der Waals surface area contributed by atoms with Crippen molar-refractivity contribution in [1.29, 1.82) is 0 Å². The molecule has 0 unspecified atom stereocenters. The molecule has 0 N–H and O–H groups in total. The molecule has 0 atom stereocenters. The summed E-state index contributed by atoms with van der Waals surface area (Å²) in [5.41, 5.74) is 2.23. The molecule has 0 aromatic heterocycles. The zero-order chi connectivity index (χ0) is 21.3. The number of carbonyl (C=O) groups excluding carboxylic acids is 2. The number of ether oxygens (including phenoxy) is 3. The molecular formula is C24H17BrO5. The minimum atomic E-state index is -0.484. The molecule has 6 heteroatoms. The van der Waals surface area contributed by atoms with Crippen LogP contribution in [-0.2, 0) is 0 Å². The first kappa shape index (κ1) is 19.9. The number of methoxy groups -OCH3 is 1. The lowest BCUT2D eigenvalue weighted by Crippen LogP contribution is -2.09. The van der Waals surface area contributed by atoms with E-state index in [9.17, 15) is 9.59 Å². The maximum Gasteiger partial charge on any atom is 0.343 e. The van der Waals surface area contributed by atoms with Crippen molar-refractivity contribution in [3.05, 3.63) is 93.1 Å². The van der Waals surface area contributed by atoms with E-state index in [0.29, 0.717) is 33.9 Å². The van der Waals surface area contributed by atoms with E-state index in [2.05, 4.69) is 15.9 Å². The third-order valence-electron chi connectivity index (χ3n) is 4.71. The highest BCUT2D eigenvalue weighted by atomic mass is 79.9. The van der Waals surface area contributed by atoms with E-state index < -0.39 is 5.97 Å². The van der Waals surface area contributed by atoms with Crippen molar-refractivity contribution in [1.82, 2.24) is 0 Å². The minimum absolute atomic E-state index is 0.206. The largest absolute Gasteiger partial charge is 0.497 e. The van der Waals surface area contributed by atoms with Crippen LogP contribution < -0.4 is 14.2 Å². The fourth-order valence-electron chi connectivity index (χ4n) is 3.11. The van der Waals surface area contributed by atoms with E-state index in [4.69, 9.17) is 14.2 Å². The first-order chi connectivity index (χ1) is 14.5. The van der Waals surface area contributed by atoms with Gasteiger partial charge in [-0.05, 0) is 67.1 Å². The van der Waals surface area contributed by atoms with Crippen LogP contribution in [0.1, 0.15) is 31.8 Å². The van der Waals surface area contributed by atoms with E-state index in [-0.39, 0.29) is 11.5 Å². The summed E-state index contributed by atoms with van der Waals surface area (Å²) in [5, 5.41) is 0. The van der Waals surface area contributed by atoms with Crippen LogP contribution >= 0.6 is 15.9 Å². The second kappa shape index (κ2) is 8.16. The van der Waals surface area contributed by atoms with Crippen molar-refractivity contribution in [3.63, 3.8) is 0 Å². The molecule has 0 spiro atoms. The van der Waals surface area contributed by atoms with Crippen molar-refractivity contribution in [2.24, 2.45) is 0 Å².